The van der Waals surface area contributed by atoms with E-state index in [0.717, 1.165) is 64.2 Å². The average Bonchev–Trinajstić information content (AvgIpc) is 3.70. The number of rotatable bonds is 2. The van der Waals surface area contributed by atoms with Crippen molar-refractivity contribution in [3.8, 4) is 12.1 Å². The van der Waals surface area contributed by atoms with Gasteiger partial charge in [0.15, 0.2) is 0 Å². The molecule has 4 aliphatic carbocycles. The first-order valence-corrected chi connectivity index (χ1v) is 17.9. The van der Waals surface area contributed by atoms with E-state index in [4.69, 9.17) is 9.68 Å². The van der Waals surface area contributed by atoms with Gasteiger partial charge in [-0.2, -0.15) is 20.7 Å². The second-order valence-corrected chi connectivity index (χ2v) is 12.3. The maximum atomic E-state index is 9.58. The fraction of sp³-hybridized carbons (Fsp3) is 0.833. The lowest BCUT2D eigenvalue weighted by Crippen LogP contribution is -2.56. The van der Waals surface area contributed by atoms with Gasteiger partial charge in [-0.25, -0.2) is 0 Å². The molecule has 188 valence electrons. The van der Waals surface area contributed by atoms with Crippen molar-refractivity contribution in [2.75, 3.05) is 0 Å². The van der Waals surface area contributed by atoms with Gasteiger partial charge in [0.25, 0.3) is 0 Å². The molecule has 0 amide bonds. The Balaban J connectivity index is 0.000000151. The largest absolute Gasteiger partial charge is 0.293 e. The zero-order chi connectivity index (χ0) is 24.3. The Hall–Kier alpha value is 0.480. The molecule has 2 heterocycles. The minimum atomic E-state index is -0.364. The van der Waals surface area contributed by atoms with Gasteiger partial charge in [-0.15, -0.1) is 0 Å². The van der Waals surface area contributed by atoms with Gasteiger partial charge in [-0.05, 0) is 32.1 Å². The number of halogens is 4. The van der Waals surface area contributed by atoms with Crippen LogP contribution in [0.1, 0.15) is 77.0 Å². The minimum Gasteiger partial charge on any atom is -0.293 e. The molecule has 34 heavy (non-hydrogen) atoms. The van der Waals surface area contributed by atoms with Crippen molar-refractivity contribution in [3.05, 3.63) is 12.2 Å². The van der Waals surface area contributed by atoms with E-state index in [1.54, 1.807) is 0 Å². The summed E-state index contributed by atoms with van der Waals surface area (Å²) in [6.07, 6.45) is 17.9. The summed E-state index contributed by atoms with van der Waals surface area (Å²) in [6.45, 7) is 0. The first-order chi connectivity index (χ1) is 16.5. The third-order valence-corrected chi connectivity index (χ3v) is 11.3. The van der Waals surface area contributed by atoms with Gasteiger partial charge in [0.2, 0.25) is 0 Å². The Morgan fingerprint density at radius 2 is 1.29 bits per heavy atom. The molecule has 0 aromatic heterocycles. The lowest BCUT2D eigenvalue weighted by molar-refractivity contribution is -0.231. The SMILES string of the molecule is BrBr.N#CC1(N2OC3C=CC2C3)CCCCC1.N#CC1(N2OC3CC2C(Br)C3Br)CCCCC1. The van der Waals surface area contributed by atoms with Gasteiger partial charge in [0.05, 0.1) is 41.3 Å². The number of fused-ring (bicyclic) bond motifs is 4. The summed E-state index contributed by atoms with van der Waals surface area (Å²) in [7, 11) is 0. The van der Waals surface area contributed by atoms with E-state index in [0.29, 0.717) is 21.7 Å². The molecule has 2 aliphatic heterocycles. The summed E-state index contributed by atoms with van der Waals surface area (Å²) in [5.41, 5.74) is -0.695. The predicted molar refractivity (Wildman–Crippen MR) is 146 cm³/mol. The van der Waals surface area contributed by atoms with Crippen LogP contribution in [0.15, 0.2) is 12.2 Å². The van der Waals surface area contributed by atoms with Gasteiger partial charge in [-0.1, -0.05) is 82.5 Å². The van der Waals surface area contributed by atoms with Crippen LogP contribution in [0, 0.1) is 22.7 Å². The molecule has 6 atom stereocenters. The van der Waals surface area contributed by atoms with E-state index >= 15 is 0 Å². The van der Waals surface area contributed by atoms with Crippen LogP contribution in [0.2, 0.25) is 0 Å². The second kappa shape index (κ2) is 11.9. The highest BCUT2D eigenvalue weighted by atomic mass is 80.9. The Labute approximate surface area is 235 Å². The van der Waals surface area contributed by atoms with Gasteiger partial charge >= 0.3 is 0 Å². The smallest absolute Gasteiger partial charge is 0.133 e. The summed E-state index contributed by atoms with van der Waals surface area (Å²) in [4.78, 5) is 12.6. The molecule has 0 spiro atoms. The number of hydrogen-bond donors (Lipinski definition) is 0. The number of nitriles is 2. The molecule has 2 saturated heterocycles. The topological polar surface area (TPSA) is 72.5 Å². The van der Waals surface area contributed by atoms with Gasteiger partial charge in [0.1, 0.15) is 11.1 Å². The van der Waals surface area contributed by atoms with Crippen molar-refractivity contribution in [1.29, 1.82) is 10.5 Å². The Morgan fingerprint density at radius 1 is 0.735 bits per heavy atom. The summed E-state index contributed by atoms with van der Waals surface area (Å²) >= 11 is 12.9. The monoisotopic (exact) mass is 724 g/mol. The first kappa shape index (κ1) is 27.5. The highest BCUT2D eigenvalue weighted by molar-refractivity contribution is 9.93. The highest BCUT2D eigenvalue weighted by Gasteiger charge is 2.58. The van der Waals surface area contributed by atoms with Crippen LogP contribution in [0.25, 0.3) is 0 Å². The molecule has 10 heteroatoms. The molecule has 5 fully saturated rings. The summed E-state index contributed by atoms with van der Waals surface area (Å²) in [5.74, 6) is 0. The van der Waals surface area contributed by atoms with Crippen LogP contribution >= 0.6 is 60.1 Å². The third kappa shape index (κ3) is 5.10. The average molecular weight is 728 g/mol. The van der Waals surface area contributed by atoms with Crippen molar-refractivity contribution in [3.63, 3.8) is 0 Å². The van der Waals surface area contributed by atoms with E-state index < -0.39 is 0 Å². The zero-order valence-electron chi connectivity index (χ0n) is 19.2. The molecule has 0 radical (unpaired) electrons. The molecule has 6 rings (SSSR count). The molecule has 0 N–H and O–H groups in total. The van der Waals surface area contributed by atoms with Crippen LogP contribution in [0.3, 0.4) is 0 Å². The normalized spacial score (nSPS) is 39.4. The summed E-state index contributed by atoms with van der Waals surface area (Å²) in [5, 5.41) is 23.1. The molecule has 4 bridgehead atoms. The van der Waals surface area contributed by atoms with E-state index in [2.05, 4.69) is 84.4 Å². The number of nitrogens with zero attached hydrogens (tertiary/aromatic N) is 4. The van der Waals surface area contributed by atoms with Crippen LogP contribution in [0.4, 0.5) is 0 Å². The molecule has 3 saturated carbocycles. The minimum absolute atomic E-state index is 0.233. The van der Waals surface area contributed by atoms with Crippen LogP contribution in [-0.2, 0) is 9.68 Å². The van der Waals surface area contributed by atoms with Crippen LogP contribution in [-0.4, -0.2) is 55.2 Å². The predicted octanol–water partition coefficient (Wildman–Crippen LogP) is 6.98. The number of hydrogen-bond acceptors (Lipinski definition) is 6. The first-order valence-electron chi connectivity index (χ1n) is 12.4. The lowest BCUT2D eigenvalue weighted by Gasteiger charge is -2.44. The van der Waals surface area contributed by atoms with Crippen LogP contribution < -0.4 is 0 Å². The number of hydroxylamine groups is 4. The summed E-state index contributed by atoms with van der Waals surface area (Å²) in [6, 6.07) is 5.76. The van der Waals surface area contributed by atoms with Crippen molar-refractivity contribution < 1.29 is 9.68 Å². The van der Waals surface area contributed by atoms with E-state index in [1.807, 2.05) is 10.1 Å². The van der Waals surface area contributed by atoms with Crippen molar-refractivity contribution >= 4 is 60.1 Å². The number of alkyl halides is 2. The Bertz CT molecular complexity index is 817. The quantitative estimate of drug-likeness (QED) is 0.226. The van der Waals surface area contributed by atoms with Gasteiger partial charge in [-0.3, -0.25) is 9.68 Å². The fourth-order valence-corrected chi connectivity index (χ4v) is 7.90. The molecule has 0 aromatic carbocycles. The Kier molecular flexibility index (Phi) is 9.63. The maximum absolute atomic E-state index is 9.58. The summed E-state index contributed by atoms with van der Waals surface area (Å²) < 4.78 is 0. The molecule has 0 aromatic rings. The van der Waals surface area contributed by atoms with Crippen molar-refractivity contribution in [2.45, 2.75) is 122 Å². The van der Waals surface area contributed by atoms with Crippen LogP contribution in [0.5, 0.6) is 0 Å². The van der Waals surface area contributed by atoms with Gasteiger partial charge < -0.3 is 0 Å². The fourth-order valence-electron chi connectivity index (χ4n) is 6.46. The van der Waals surface area contributed by atoms with Gasteiger partial charge in [0, 0.05) is 39.5 Å². The maximum Gasteiger partial charge on any atom is 0.133 e. The van der Waals surface area contributed by atoms with E-state index in [9.17, 15) is 10.5 Å². The molecule has 6 aliphatic rings. The van der Waals surface area contributed by atoms with Crippen molar-refractivity contribution in [1.82, 2.24) is 10.1 Å². The molecule has 6 unspecified atom stereocenters. The Morgan fingerprint density at radius 3 is 1.71 bits per heavy atom. The lowest BCUT2D eigenvalue weighted by atomic mass is 9.82. The molecular weight excluding hydrogens is 696 g/mol. The highest BCUT2D eigenvalue weighted by Crippen LogP contribution is 2.49. The third-order valence-electron chi connectivity index (χ3n) is 8.24. The molecule has 6 nitrogen and oxygen atoms in total. The van der Waals surface area contributed by atoms with Crippen molar-refractivity contribution in [2.24, 2.45) is 0 Å². The van der Waals surface area contributed by atoms with E-state index in [1.165, 1.54) is 12.8 Å². The van der Waals surface area contributed by atoms with E-state index in [-0.39, 0.29) is 23.3 Å². The standard InChI is InChI=1S/C12H16Br2N2O.C12H16N2O.Br2/c13-10-8-6-9(11(10)14)17-16(8)12(7-15)4-2-1-3-5-12;13-9-12(6-2-1-3-7-12)14-10-4-5-11(8-10)15-14;1-2/h8-11H,1-6H2;4-5,10-11H,1-3,6-8H2;. The second-order valence-electron chi connectivity index (χ2n) is 10.2. The molecular formula is C24H32Br4N4O2. The zero-order valence-corrected chi connectivity index (χ0v) is 25.6.